The molecule has 0 spiro atoms. The fraction of sp³-hybridized carbons (Fsp3) is 0.889. The van der Waals surface area contributed by atoms with E-state index in [1.165, 1.54) is 13.8 Å². The van der Waals surface area contributed by atoms with Crippen LogP contribution in [0.1, 0.15) is 33.1 Å². The molecular weight excluding hydrogens is 195 g/mol. The van der Waals surface area contributed by atoms with E-state index in [9.17, 15) is 18.3 Å². The molecule has 2 unspecified atom stereocenters. The lowest BCUT2D eigenvalue weighted by molar-refractivity contribution is -0.138. The number of rotatable bonds is 4. The third kappa shape index (κ3) is 5.07. The van der Waals surface area contributed by atoms with Gasteiger partial charge in [-0.05, 0) is 26.7 Å². The van der Waals surface area contributed by atoms with E-state index < -0.39 is 24.1 Å². The SMILES string of the molecule is CC(C#N)C(C)(O)CCCC(F)(F)F. The molecule has 82 valence electrons. The van der Waals surface area contributed by atoms with Gasteiger partial charge in [-0.25, -0.2) is 0 Å². The molecule has 0 bridgehead atoms. The number of hydrogen-bond acceptors (Lipinski definition) is 2. The fourth-order valence-electron chi connectivity index (χ4n) is 1.00. The highest BCUT2D eigenvalue weighted by Crippen LogP contribution is 2.27. The highest BCUT2D eigenvalue weighted by molar-refractivity contribution is 4.93. The van der Waals surface area contributed by atoms with Crippen molar-refractivity contribution < 1.29 is 18.3 Å². The molecule has 14 heavy (non-hydrogen) atoms. The molecule has 0 saturated heterocycles. The van der Waals surface area contributed by atoms with Crippen molar-refractivity contribution in [3.8, 4) is 6.07 Å². The maximum absolute atomic E-state index is 11.8. The maximum atomic E-state index is 11.8. The second kappa shape index (κ2) is 4.65. The highest BCUT2D eigenvalue weighted by Gasteiger charge is 2.31. The van der Waals surface area contributed by atoms with Crippen LogP contribution < -0.4 is 0 Å². The fourth-order valence-corrected chi connectivity index (χ4v) is 1.00. The van der Waals surface area contributed by atoms with Crippen molar-refractivity contribution in [3.05, 3.63) is 0 Å². The van der Waals surface area contributed by atoms with Gasteiger partial charge in [0, 0.05) is 6.42 Å². The average molecular weight is 209 g/mol. The summed E-state index contributed by atoms with van der Waals surface area (Å²) in [7, 11) is 0. The summed E-state index contributed by atoms with van der Waals surface area (Å²) >= 11 is 0. The molecule has 0 aliphatic carbocycles. The van der Waals surface area contributed by atoms with E-state index in [1.54, 1.807) is 0 Å². The van der Waals surface area contributed by atoms with Gasteiger partial charge in [0.05, 0.1) is 17.6 Å². The van der Waals surface area contributed by atoms with Crippen LogP contribution in [0.15, 0.2) is 0 Å². The van der Waals surface area contributed by atoms with Crippen LogP contribution in [0.25, 0.3) is 0 Å². The Kier molecular flexibility index (Phi) is 4.40. The Morgan fingerprint density at radius 3 is 2.21 bits per heavy atom. The Morgan fingerprint density at radius 2 is 1.86 bits per heavy atom. The summed E-state index contributed by atoms with van der Waals surface area (Å²) in [5, 5.41) is 18.1. The van der Waals surface area contributed by atoms with Crippen molar-refractivity contribution in [2.75, 3.05) is 0 Å². The van der Waals surface area contributed by atoms with Crippen molar-refractivity contribution in [1.29, 1.82) is 5.26 Å². The molecule has 0 saturated carbocycles. The minimum atomic E-state index is -4.19. The van der Waals surface area contributed by atoms with Crippen molar-refractivity contribution >= 4 is 0 Å². The third-order valence-corrected chi connectivity index (χ3v) is 2.27. The summed E-state index contributed by atoms with van der Waals surface area (Å²) in [5.41, 5.74) is -1.33. The van der Waals surface area contributed by atoms with Crippen LogP contribution in [0.5, 0.6) is 0 Å². The van der Waals surface area contributed by atoms with Crippen LogP contribution in [0.4, 0.5) is 13.2 Å². The third-order valence-electron chi connectivity index (χ3n) is 2.27. The lowest BCUT2D eigenvalue weighted by atomic mass is 9.87. The van der Waals surface area contributed by atoms with Crippen molar-refractivity contribution in [2.45, 2.75) is 44.9 Å². The van der Waals surface area contributed by atoms with Gasteiger partial charge in [0.1, 0.15) is 0 Å². The van der Waals surface area contributed by atoms with Crippen molar-refractivity contribution in [3.63, 3.8) is 0 Å². The maximum Gasteiger partial charge on any atom is 0.389 e. The van der Waals surface area contributed by atoms with Gasteiger partial charge >= 0.3 is 6.18 Å². The first-order valence-corrected chi connectivity index (χ1v) is 4.38. The van der Waals surface area contributed by atoms with Gasteiger partial charge in [-0.2, -0.15) is 18.4 Å². The van der Waals surface area contributed by atoms with Gasteiger partial charge in [0.15, 0.2) is 0 Å². The zero-order chi connectivity index (χ0) is 11.4. The lowest BCUT2D eigenvalue weighted by Crippen LogP contribution is -2.32. The van der Waals surface area contributed by atoms with Crippen molar-refractivity contribution in [1.82, 2.24) is 0 Å². The monoisotopic (exact) mass is 209 g/mol. The predicted octanol–water partition coefficient (Wildman–Crippen LogP) is 2.63. The molecule has 0 heterocycles. The normalized spacial score (nSPS) is 18.4. The zero-order valence-corrected chi connectivity index (χ0v) is 8.23. The Labute approximate surface area is 81.3 Å². The first-order valence-electron chi connectivity index (χ1n) is 4.38. The summed E-state index contributed by atoms with van der Waals surface area (Å²) in [6.07, 6.45) is -5.27. The Morgan fingerprint density at radius 1 is 1.36 bits per heavy atom. The molecular formula is C9H14F3NO. The minimum absolute atomic E-state index is 0.0127. The predicted molar refractivity (Wildman–Crippen MR) is 45.3 cm³/mol. The van der Waals surface area contributed by atoms with Crippen LogP contribution in [-0.4, -0.2) is 16.9 Å². The largest absolute Gasteiger partial charge is 0.389 e. The van der Waals surface area contributed by atoms with Gasteiger partial charge in [0.25, 0.3) is 0 Å². The van der Waals surface area contributed by atoms with E-state index in [4.69, 9.17) is 5.26 Å². The molecule has 0 aromatic rings. The summed E-state index contributed by atoms with van der Waals surface area (Å²) in [6, 6.07) is 1.82. The minimum Gasteiger partial charge on any atom is -0.389 e. The molecule has 0 aromatic heterocycles. The van der Waals surface area contributed by atoms with Crippen LogP contribution in [0.2, 0.25) is 0 Å². The van der Waals surface area contributed by atoms with E-state index in [0.29, 0.717) is 0 Å². The molecule has 0 aromatic carbocycles. The lowest BCUT2D eigenvalue weighted by Gasteiger charge is -2.25. The number of aliphatic hydroxyl groups is 1. The molecule has 0 aliphatic heterocycles. The van der Waals surface area contributed by atoms with E-state index in [-0.39, 0.29) is 12.8 Å². The van der Waals surface area contributed by atoms with E-state index in [0.717, 1.165) is 0 Å². The number of alkyl halides is 3. The topological polar surface area (TPSA) is 44.0 Å². The Balaban J connectivity index is 3.96. The first kappa shape index (κ1) is 13.2. The molecule has 2 atom stereocenters. The van der Waals surface area contributed by atoms with Crippen LogP contribution in [-0.2, 0) is 0 Å². The number of nitrogens with zero attached hydrogens (tertiary/aromatic N) is 1. The molecule has 5 heteroatoms. The van der Waals surface area contributed by atoms with Gasteiger partial charge in [0.2, 0.25) is 0 Å². The van der Waals surface area contributed by atoms with E-state index >= 15 is 0 Å². The molecule has 0 fully saturated rings. The highest BCUT2D eigenvalue weighted by atomic mass is 19.4. The average Bonchev–Trinajstić information content (AvgIpc) is 2.00. The van der Waals surface area contributed by atoms with Gasteiger partial charge in [-0.1, -0.05) is 0 Å². The second-order valence-electron chi connectivity index (χ2n) is 3.68. The van der Waals surface area contributed by atoms with Gasteiger partial charge < -0.3 is 5.11 Å². The first-order chi connectivity index (χ1) is 6.19. The molecule has 1 N–H and O–H groups in total. The Hall–Kier alpha value is -0.760. The van der Waals surface area contributed by atoms with Gasteiger partial charge in [-0.15, -0.1) is 0 Å². The standard InChI is InChI=1S/C9H14F3NO/c1-7(6-13)8(2,14)4-3-5-9(10,11)12/h7,14H,3-5H2,1-2H3. The second-order valence-corrected chi connectivity index (χ2v) is 3.68. The van der Waals surface area contributed by atoms with E-state index in [2.05, 4.69) is 0 Å². The smallest absolute Gasteiger partial charge is 0.389 e. The van der Waals surface area contributed by atoms with Gasteiger partial charge in [-0.3, -0.25) is 0 Å². The molecule has 0 rings (SSSR count). The zero-order valence-electron chi connectivity index (χ0n) is 8.23. The quantitative estimate of drug-likeness (QED) is 0.773. The van der Waals surface area contributed by atoms with Crippen molar-refractivity contribution in [2.24, 2.45) is 5.92 Å². The summed E-state index contributed by atoms with van der Waals surface area (Å²) in [5.74, 6) is -0.657. The Bertz CT molecular complexity index is 217. The van der Waals surface area contributed by atoms with Crippen LogP contribution in [0, 0.1) is 17.2 Å². The number of hydrogen-bond donors (Lipinski definition) is 1. The summed E-state index contributed by atoms with van der Waals surface area (Å²) < 4.78 is 35.3. The van der Waals surface area contributed by atoms with Crippen LogP contribution in [0.3, 0.4) is 0 Å². The van der Waals surface area contributed by atoms with Crippen LogP contribution >= 0.6 is 0 Å². The molecule has 2 nitrogen and oxygen atoms in total. The summed E-state index contributed by atoms with van der Waals surface area (Å²) in [4.78, 5) is 0. The van der Waals surface area contributed by atoms with E-state index in [1.807, 2.05) is 6.07 Å². The molecule has 0 amide bonds. The summed E-state index contributed by atoms with van der Waals surface area (Å²) in [6.45, 7) is 2.88. The molecule has 0 aliphatic rings. The molecule has 0 radical (unpaired) electrons. The number of nitriles is 1. The number of halogens is 3.